The van der Waals surface area contributed by atoms with E-state index in [1.165, 1.54) is 0 Å². The van der Waals surface area contributed by atoms with Gasteiger partial charge in [-0.15, -0.1) is 11.3 Å². The fourth-order valence-corrected chi connectivity index (χ4v) is 4.08. The summed E-state index contributed by atoms with van der Waals surface area (Å²) < 4.78 is 38.0. The summed E-state index contributed by atoms with van der Waals surface area (Å²) in [5.41, 5.74) is 6.77. The molecule has 0 spiro atoms. The van der Waals surface area contributed by atoms with Crippen LogP contribution in [0, 0.1) is 0 Å². The molecular formula is C20H11Cl2F3N4OS. The second-order valence-electron chi connectivity index (χ2n) is 6.41. The number of hydrogen-bond acceptors (Lipinski definition) is 5. The number of nitrogens with zero attached hydrogens (tertiary/aromatic N) is 2. The van der Waals surface area contributed by atoms with Crippen molar-refractivity contribution < 1.29 is 18.0 Å². The molecule has 3 aromatic heterocycles. The van der Waals surface area contributed by atoms with Crippen molar-refractivity contribution in [1.82, 2.24) is 9.97 Å². The zero-order valence-electron chi connectivity index (χ0n) is 15.3. The number of pyridine rings is 2. The lowest BCUT2D eigenvalue weighted by Crippen LogP contribution is -2.13. The second kappa shape index (κ2) is 7.99. The molecule has 4 rings (SSSR count). The Morgan fingerprint density at radius 3 is 2.48 bits per heavy atom. The molecule has 0 bridgehead atoms. The van der Waals surface area contributed by atoms with E-state index < -0.39 is 17.6 Å². The molecule has 31 heavy (non-hydrogen) atoms. The predicted molar refractivity (Wildman–Crippen MR) is 117 cm³/mol. The van der Waals surface area contributed by atoms with E-state index in [2.05, 4.69) is 15.3 Å². The zero-order valence-corrected chi connectivity index (χ0v) is 17.6. The van der Waals surface area contributed by atoms with Crippen LogP contribution in [0.1, 0.15) is 15.2 Å². The van der Waals surface area contributed by atoms with Crippen LogP contribution in [0.5, 0.6) is 0 Å². The molecule has 3 heterocycles. The molecule has 4 aromatic rings. The van der Waals surface area contributed by atoms with Crippen LogP contribution in [0.4, 0.5) is 24.7 Å². The molecule has 0 aliphatic heterocycles. The number of amides is 1. The summed E-state index contributed by atoms with van der Waals surface area (Å²) in [5.74, 6) is -0.622. The molecular weight excluding hydrogens is 472 g/mol. The van der Waals surface area contributed by atoms with Crippen LogP contribution in [0.25, 0.3) is 21.5 Å². The van der Waals surface area contributed by atoms with Gasteiger partial charge in [-0.25, -0.2) is 9.97 Å². The number of carbonyl (C=O) groups is 1. The van der Waals surface area contributed by atoms with E-state index in [1.54, 1.807) is 30.3 Å². The van der Waals surface area contributed by atoms with Gasteiger partial charge in [0.05, 0.1) is 27.0 Å². The minimum atomic E-state index is -4.51. The first-order valence-corrected chi connectivity index (χ1v) is 10.2. The average molecular weight is 483 g/mol. The van der Waals surface area contributed by atoms with Gasteiger partial charge in [-0.2, -0.15) is 13.2 Å². The van der Waals surface area contributed by atoms with E-state index >= 15 is 0 Å². The molecule has 0 unspecified atom stereocenters. The summed E-state index contributed by atoms with van der Waals surface area (Å²) in [4.78, 5) is 21.5. The monoisotopic (exact) mass is 482 g/mol. The number of nitrogen functional groups attached to an aromatic ring is 1. The number of nitrogens with two attached hydrogens (primary N) is 1. The standard InChI is InChI=1S/C20H11Cl2F3N4OS/c21-12-4-1-9(7-13(12)22)14-5-3-11-16(26)17(31-19(11)28-14)18(30)29-15-6-2-10(8-27-15)20(23,24)25/h1-8H,26H2,(H,27,29,30). The first-order chi connectivity index (χ1) is 14.6. The topological polar surface area (TPSA) is 80.9 Å². The van der Waals surface area contributed by atoms with Gasteiger partial charge in [0, 0.05) is 17.1 Å². The lowest BCUT2D eigenvalue weighted by molar-refractivity contribution is -0.137. The van der Waals surface area contributed by atoms with E-state index in [1.807, 2.05) is 0 Å². The molecule has 3 N–H and O–H groups in total. The number of anilines is 2. The number of fused-ring (bicyclic) bond motifs is 1. The number of nitrogens with one attached hydrogen (secondary N) is 1. The summed E-state index contributed by atoms with van der Waals surface area (Å²) in [7, 11) is 0. The third-order valence-corrected chi connectivity index (χ3v) is 6.20. The Morgan fingerprint density at radius 1 is 1.06 bits per heavy atom. The fourth-order valence-electron chi connectivity index (χ4n) is 2.79. The SMILES string of the molecule is Nc1c(C(=O)Nc2ccc(C(F)(F)F)cn2)sc2nc(-c3ccc(Cl)c(Cl)c3)ccc12. The van der Waals surface area contributed by atoms with Crippen molar-refractivity contribution >= 4 is 62.2 Å². The number of hydrogen-bond donors (Lipinski definition) is 2. The second-order valence-corrected chi connectivity index (χ2v) is 8.22. The van der Waals surface area contributed by atoms with E-state index in [9.17, 15) is 18.0 Å². The van der Waals surface area contributed by atoms with Crippen molar-refractivity contribution in [2.24, 2.45) is 0 Å². The molecule has 5 nitrogen and oxygen atoms in total. The van der Waals surface area contributed by atoms with Crippen LogP contribution < -0.4 is 11.1 Å². The normalized spacial score (nSPS) is 11.6. The molecule has 11 heteroatoms. The van der Waals surface area contributed by atoms with Crippen LogP contribution >= 0.6 is 34.5 Å². The van der Waals surface area contributed by atoms with Gasteiger partial charge in [0.15, 0.2) is 0 Å². The lowest BCUT2D eigenvalue weighted by atomic mass is 10.1. The summed E-state index contributed by atoms with van der Waals surface area (Å²) in [5, 5.41) is 3.84. The third kappa shape index (κ3) is 4.30. The smallest absolute Gasteiger partial charge is 0.397 e. The molecule has 0 aliphatic carbocycles. The summed E-state index contributed by atoms with van der Waals surface area (Å²) >= 11 is 13.1. The number of rotatable bonds is 3. The van der Waals surface area contributed by atoms with Crippen LogP contribution in [0.15, 0.2) is 48.7 Å². The first-order valence-electron chi connectivity index (χ1n) is 8.62. The van der Waals surface area contributed by atoms with E-state index in [0.717, 1.165) is 29.0 Å². The van der Waals surface area contributed by atoms with Gasteiger partial charge in [0.25, 0.3) is 5.91 Å². The maximum absolute atomic E-state index is 12.7. The Bertz CT molecular complexity index is 1310. The molecule has 1 amide bonds. The summed E-state index contributed by atoms with van der Waals surface area (Å²) in [6, 6.07) is 10.5. The van der Waals surface area contributed by atoms with Gasteiger partial charge < -0.3 is 11.1 Å². The third-order valence-electron chi connectivity index (χ3n) is 4.35. The van der Waals surface area contributed by atoms with Crippen LogP contribution in [-0.4, -0.2) is 15.9 Å². The van der Waals surface area contributed by atoms with Crippen molar-refractivity contribution in [3.63, 3.8) is 0 Å². The quantitative estimate of drug-likeness (QED) is 0.348. The highest BCUT2D eigenvalue weighted by Crippen LogP contribution is 2.36. The van der Waals surface area contributed by atoms with Gasteiger partial charge in [0.2, 0.25) is 0 Å². The summed E-state index contributed by atoms with van der Waals surface area (Å²) in [6.45, 7) is 0. The largest absolute Gasteiger partial charge is 0.417 e. The number of carbonyl (C=O) groups excluding carboxylic acids is 1. The zero-order chi connectivity index (χ0) is 22.3. The van der Waals surface area contributed by atoms with Gasteiger partial charge in [0.1, 0.15) is 15.5 Å². The lowest BCUT2D eigenvalue weighted by Gasteiger charge is -2.07. The highest BCUT2D eigenvalue weighted by Gasteiger charge is 2.30. The number of thiophene rings is 1. The van der Waals surface area contributed by atoms with Crippen LogP contribution in [-0.2, 0) is 6.18 Å². The first kappa shape index (κ1) is 21.4. The minimum absolute atomic E-state index is 0.0284. The Morgan fingerprint density at radius 2 is 1.84 bits per heavy atom. The molecule has 0 fully saturated rings. The van der Waals surface area contributed by atoms with Crippen molar-refractivity contribution in [2.45, 2.75) is 6.18 Å². The number of halogens is 5. The Balaban J connectivity index is 1.62. The number of benzene rings is 1. The van der Waals surface area contributed by atoms with Crippen molar-refractivity contribution in [3.05, 3.63) is 69.1 Å². The van der Waals surface area contributed by atoms with Gasteiger partial charge >= 0.3 is 6.18 Å². The molecule has 158 valence electrons. The molecule has 0 aliphatic rings. The van der Waals surface area contributed by atoms with Crippen molar-refractivity contribution in [2.75, 3.05) is 11.1 Å². The molecule has 0 saturated carbocycles. The van der Waals surface area contributed by atoms with Gasteiger partial charge in [-0.3, -0.25) is 4.79 Å². The molecule has 0 saturated heterocycles. The highest BCUT2D eigenvalue weighted by atomic mass is 35.5. The maximum atomic E-state index is 12.7. The fraction of sp³-hybridized carbons (Fsp3) is 0.0500. The van der Waals surface area contributed by atoms with Gasteiger partial charge in [-0.1, -0.05) is 29.3 Å². The molecule has 0 radical (unpaired) electrons. The predicted octanol–water partition coefficient (Wildman–Crippen LogP) is 6.52. The summed E-state index contributed by atoms with van der Waals surface area (Å²) in [6.07, 6.45) is -3.86. The van der Waals surface area contributed by atoms with Gasteiger partial charge in [-0.05, 0) is 36.4 Å². The van der Waals surface area contributed by atoms with E-state index in [-0.39, 0.29) is 16.4 Å². The van der Waals surface area contributed by atoms with E-state index in [0.29, 0.717) is 32.2 Å². The average Bonchev–Trinajstić information content (AvgIpc) is 3.06. The number of aromatic nitrogens is 2. The van der Waals surface area contributed by atoms with Crippen molar-refractivity contribution in [3.8, 4) is 11.3 Å². The Hall–Kier alpha value is -2.88. The Kier molecular flexibility index (Phi) is 5.50. The Labute approximate surface area is 187 Å². The number of alkyl halides is 3. The minimum Gasteiger partial charge on any atom is -0.397 e. The van der Waals surface area contributed by atoms with Crippen LogP contribution in [0.3, 0.4) is 0 Å². The highest BCUT2D eigenvalue weighted by molar-refractivity contribution is 7.21. The molecule has 0 atom stereocenters. The van der Waals surface area contributed by atoms with Crippen molar-refractivity contribution in [1.29, 1.82) is 0 Å². The van der Waals surface area contributed by atoms with E-state index in [4.69, 9.17) is 28.9 Å². The maximum Gasteiger partial charge on any atom is 0.417 e. The molecule has 1 aromatic carbocycles. The van der Waals surface area contributed by atoms with Crippen LogP contribution in [0.2, 0.25) is 10.0 Å².